The van der Waals surface area contributed by atoms with Crippen LogP contribution in [0.25, 0.3) is 0 Å². The Kier molecular flexibility index (Phi) is 4.71. The fourth-order valence-corrected chi connectivity index (χ4v) is 3.08. The second kappa shape index (κ2) is 6.18. The molecular weight excluding hydrogens is 264 g/mol. The van der Waals surface area contributed by atoms with E-state index in [2.05, 4.69) is 35.6 Å². The van der Waals surface area contributed by atoms with Crippen LogP contribution in [0, 0.1) is 12.8 Å². The van der Waals surface area contributed by atoms with Gasteiger partial charge in [0.05, 0.1) is 5.56 Å². The first-order valence-electron chi connectivity index (χ1n) is 7.84. The Bertz CT molecular complexity index is 465. The van der Waals surface area contributed by atoms with E-state index in [1.165, 1.54) is 12.8 Å². The summed E-state index contributed by atoms with van der Waals surface area (Å²) >= 11 is 0. The summed E-state index contributed by atoms with van der Waals surface area (Å²) in [6.45, 7) is 10.9. The van der Waals surface area contributed by atoms with Crippen molar-refractivity contribution in [1.29, 1.82) is 0 Å². The van der Waals surface area contributed by atoms with Crippen LogP contribution < -0.4 is 5.73 Å². The van der Waals surface area contributed by atoms with Gasteiger partial charge in [0.2, 0.25) is 5.88 Å². The highest BCUT2D eigenvalue weighted by Gasteiger charge is 2.27. The fourth-order valence-electron chi connectivity index (χ4n) is 3.08. The molecule has 0 spiro atoms. The summed E-state index contributed by atoms with van der Waals surface area (Å²) in [6.07, 6.45) is 4.23. The predicted octanol–water partition coefficient (Wildman–Crippen LogP) is 2.52. The zero-order valence-electron chi connectivity index (χ0n) is 13.7. The molecule has 118 valence electrons. The molecule has 0 aromatic carbocycles. The maximum absolute atomic E-state index is 9.91. The number of rotatable bonds is 3. The standard InChI is InChI=1S/C16H28N4O/c1-11-18-14(17)13(15(21)19-11)6-5-12-7-9-20(10-8-12)16(2,3)4/h12H,5-10H2,1-4H3,(H3,17,18,19,21). The first-order chi connectivity index (χ1) is 9.77. The SMILES string of the molecule is Cc1nc(N)c(CCC2CCN(C(C)(C)C)CC2)c(O)n1. The van der Waals surface area contributed by atoms with Gasteiger partial charge in [-0.25, -0.2) is 4.98 Å². The number of nitrogens with zero attached hydrogens (tertiary/aromatic N) is 3. The molecule has 5 nitrogen and oxygen atoms in total. The van der Waals surface area contributed by atoms with E-state index in [1.807, 2.05) is 0 Å². The van der Waals surface area contributed by atoms with Crippen LogP contribution in [0.2, 0.25) is 0 Å². The number of aryl methyl sites for hydroxylation is 1. The van der Waals surface area contributed by atoms with E-state index in [9.17, 15) is 5.11 Å². The van der Waals surface area contributed by atoms with Gasteiger partial charge in [0, 0.05) is 5.54 Å². The van der Waals surface area contributed by atoms with Crippen LogP contribution in [-0.4, -0.2) is 38.6 Å². The first kappa shape index (κ1) is 16.0. The second-order valence-corrected chi connectivity index (χ2v) is 7.10. The smallest absolute Gasteiger partial charge is 0.219 e. The van der Waals surface area contributed by atoms with Crippen LogP contribution in [0.3, 0.4) is 0 Å². The summed E-state index contributed by atoms with van der Waals surface area (Å²) in [5, 5.41) is 9.91. The summed E-state index contributed by atoms with van der Waals surface area (Å²) in [5.74, 6) is 1.69. The number of likely N-dealkylation sites (tertiary alicyclic amines) is 1. The van der Waals surface area contributed by atoms with Crippen molar-refractivity contribution in [2.24, 2.45) is 5.92 Å². The molecule has 1 aromatic heterocycles. The van der Waals surface area contributed by atoms with Gasteiger partial charge < -0.3 is 10.8 Å². The molecule has 0 saturated carbocycles. The van der Waals surface area contributed by atoms with Gasteiger partial charge in [0.25, 0.3) is 0 Å². The third kappa shape index (κ3) is 4.06. The number of nitrogens with two attached hydrogens (primary N) is 1. The zero-order valence-corrected chi connectivity index (χ0v) is 13.7. The maximum atomic E-state index is 9.91. The van der Waals surface area contributed by atoms with Gasteiger partial charge in [-0.15, -0.1) is 0 Å². The number of hydrogen-bond donors (Lipinski definition) is 2. The number of aromatic hydroxyl groups is 1. The van der Waals surface area contributed by atoms with Crippen LogP contribution in [0.5, 0.6) is 5.88 Å². The number of piperidine rings is 1. The molecule has 1 saturated heterocycles. The second-order valence-electron chi connectivity index (χ2n) is 7.10. The maximum Gasteiger partial charge on any atom is 0.219 e. The molecule has 1 aromatic rings. The zero-order chi connectivity index (χ0) is 15.6. The summed E-state index contributed by atoms with van der Waals surface area (Å²) in [4.78, 5) is 10.7. The molecule has 0 aliphatic carbocycles. The fraction of sp³-hybridized carbons (Fsp3) is 0.750. The number of hydrogen-bond acceptors (Lipinski definition) is 5. The molecule has 1 fully saturated rings. The van der Waals surface area contributed by atoms with E-state index in [1.54, 1.807) is 6.92 Å². The molecule has 1 aliphatic heterocycles. The van der Waals surface area contributed by atoms with Crippen molar-refractivity contribution in [2.45, 2.75) is 58.9 Å². The van der Waals surface area contributed by atoms with Crippen molar-refractivity contribution in [3.8, 4) is 5.88 Å². The number of anilines is 1. The summed E-state index contributed by atoms with van der Waals surface area (Å²) in [7, 11) is 0. The minimum atomic E-state index is 0.0483. The van der Waals surface area contributed by atoms with Crippen molar-refractivity contribution >= 4 is 5.82 Å². The van der Waals surface area contributed by atoms with Gasteiger partial charge in [-0.1, -0.05) is 0 Å². The lowest BCUT2D eigenvalue weighted by molar-refractivity contribution is 0.0854. The highest BCUT2D eigenvalue weighted by molar-refractivity contribution is 5.45. The van der Waals surface area contributed by atoms with E-state index in [0.29, 0.717) is 23.1 Å². The van der Waals surface area contributed by atoms with Crippen LogP contribution in [-0.2, 0) is 6.42 Å². The molecule has 1 aliphatic rings. The summed E-state index contributed by atoms with van der Waals surface area (Å²) < 4.78 is 0. The Morgan fingerprint density at radius 3 is 2.38 bits per heavy atom. The highest BCUT2D eigenvalue weighted by atomic mass is 16.3. The quantitative estimate of drug-likeness (QED) is 0.895. The molecular formula is C16H28N4O. The van der Waals surface area contributed by atoms with Gasteiger partial charge in [-0.05, 0) is 72.4 Å². The van der Waals surface area contributed by atoms with Crippen molar-refractivity contribution in [3.63, 3.8) is 0 Å². The minimum Gasteiger partial charge on any atom is -0.493 e. The van der Waals surface area contributed by atoms with E-state index in [4.69, 9.17) is 5.73 Å². The third-order valence-electron chi connectivity index (χ3n) is 4.49. The molecule has 2 heterocycles. The monoisotopic (exact) mass is 292 g/mol. The molecule has 21 heavy (non-hydrogen) atoms. The largest absolute Gasteiger partial charge is 0.493 e. The lowest BCUT2D eigenvalue weighted by Gasteiger charge is -2.41. The van der Waals surface area contributed by atoms with Gasteiger partial charge in [-0.2, -0.15) is 4.98 Å². The first-order valence-corrected chi connectivity index (χ1v) is 7.84. The van der Waals surface area contributed by atoms with Gasteiger partial charge in [0.1, 0.15) is 11.6 Å². The van der Waals surface area contributed by atoms with E-state index in [0.717, 1.165) is 25.9 Å². The van der Waals surface area contributed by atoms with Crippen LogP contribution in [0.15, 0.2) is 0 Å². The molecule has 0 atom stereocenters. The minimum absolute atomic E-state index is 0.0483. The van der Waals surface area contributed by atoms with Crippen molar-refractivity contribution in [2.75, 3.05) is 18.8 Å². The number of nitrogen functional groups attached to an aromatic ring is 1. The third-order valence-corrected chi connectivity index (χ3v) is 4.49. The van der Waals surface area contributed by atoms with E-state index >= 15 is 0 Å². The Hall–Kier alpha value is -1.36. The van der Waals surface area contributed by atoms with E-state index < -0.39 is 0 Å². The molecule has 0 unspecified atom stereocenters. The van der Waals surface area contributed by atoms with Crippen LogP contribution in [0.4, 0.5) is 5.82 Å². The summed E-state index contributed by atoms with van der Waals surface area (Å²) in [6, 6.07) is 0. The van der Waals surface area contributed by atoms with Gasteiger partial charge in [0.15, 0.2) is 0 Å². The lowest BCUT2D eigenvalue weighted by Crippen LogP contribution is -2.46. The van der Waals surface area contributed by atoms with E-state index in [-0.39, 0.29) is 11.4 Å². The van der Waals surface area contributed by atoms with Crippen molar-refractivity contribution < 1.29 is 5.11 Å². The van der Waals surface area contributed by atoms with Crippen molar-refractivity contribution in [1.82, 2.24) is 14.9 Å². The Morgan fingerprint density at radius 1 is 1.24 bits per heavy atom. The molecule has 5 heteroatoms. The van der Waals surface area contributed by atoms with Crippen LogP contribution >= 0.6 is 0 Å². The predicted molar refractivity (Wildman–Crippen MR) is 85.2 cm³/mol. The Balaban J connectivity index is 1.88. The molecule has 2 rings (SSSR count). The Labute approximate surface area is 127 Å². The molecule has 0 bridgehead atoms. The molecule has 0 amide bonds. The highest BCUT2D eigenvalue weighted by Crippen LogP contribution is 2.29. The van der Waals surface area contributed by atoms with Gasteiger partial charge in [-0.3, -0.25) is 4.90 Å². The average Bonchev–Trinajstić information content (AvgIpc) is 2.37. The van der Waals surface area contributed by atoms with Crippen molar-refractivity contribution in [3.05, 3.63) is 11.4 Å². The number of aromatic nitrogens is 2. The summed E-state index contributed by atoms with van der Waals surface area (Å²) in [5.41, 5.74) is 6.87. The normalized spacial score (nSPS) is 18.1. The average molecular weight is 292 g/mol. The van der Waals surface area contributed by atoms with Crippen LogP contribution in [0.1, 0.15) is 51.4 Å². The Morgan fingerprint density at radius 2 is 1.86 bits per heavy atom. The molecule has 0 radical (unpaired) electrons. The lowest BCUT2D eigenvalue weighted by atomic mass is 9.88. The topological polar surface area (TPSA) is 75.3 Å². The van der Waals surface area contributed by atoms with Gasteiger partial charge >= 0.3 is 0 Å². The molecule has 3 N–H and O–H groups in total.